The largest absolute Gasteiger partial charge is 0.464 e. The Morgan fingerprint density at radius 2 is 2.26 bits per heavy atom. The second kappa shape index (κ2) is 6.94. The zero-order valence-electron chi connectivity index (χ0n) is 10.9. The number of carbonyl (C=O) groups excluding carboxylic acids is 1. The van der Waals surface area contributed by atoms with Gasteiger partial charge in [0.1, 0.15) is 0 Å². The van der Waals surface area contributed by atoms with Gasteiger partial charge in [-0.25, -0.2) is 22.9 Å². The van der Waals surface area contributed by atoms with Gasteiger partial charge in [0.25, 0.3) is 10.0 Å². The van der Waals surface area contributed by atoms with Crippen molar-refractivity contribution in [2.75, 3.05) is 20.3 Å². The van der Waals surface area contributed by atoms with Crippen LogP contribution in [0.25, 0.3) is 0 Å². The van der Waals surface area contributed by atoms with Gasteiger partial charge in [0.05, 0.1) is 18.7 Å². The number of ether oxygens (including phenoxy) is 2. The Balaban J connectivity index is 2.83. The first-order chi connectivity index (χ1) is 8.92. The summed E-state index contributed by atoms with van der Waals surface area (Å²) in [5, 5.41) is 0. The molecule has 0 aliphatic rings. The summed E-state index contributed by atoms with van der Waals surface area (Å²) in [6, 6.07) is 0. The van der Waals surface area contributed by atoms with E-state index in [9.17, 15) is 13.2 Å². The van der Waals surface area contributed by atoms with Crippen molar-refractivity contribution in [1.29, 1.82) is 0 Å². The molecular formula is C10H16N2O5S2. The molecular weight excluding hydrogens is 292 g/mol. The molecule has 1 atom stereocenters. The monoisotopic (exact) mass is 308 g/mol. The summed E-state index contributed by atoms with van der Waals surface area (Å²) in [6.07, 6.45) is -0.255. The number of hydrogen-bond acceptors (Lipinski definition) is 7. The zero-order valence-corrected chi connectivity index (χ0v) is 12.5. The van der Waals surface area contributed by atoms with Crippen LogP contribution in [-0.4, -0.2) is 45.7 Å². The highest BCUT2D eigenvalue weighted by Crippen LogP contribution is 2.20. The van der Waals surface area contributed by atoms with Crippen LogP contribution in [0.4, 0.5) is 0 Å². The molecule has 1 aromatic rings. The number of esters is 1. The van der Waals surface area contributed by atoms with Crippen LogP contribution in [0, 0.1) is 0 Å². The van der Waals surface area contributed by atoms with E-state index in [1.807, 2.05) is 6.92 Å². The molecule has 1 heterocycles. The number of rotatable bonds is 7. The van der Waals surface area contributed by atoms with E-state index >= 15 is 0 Å². The minimum Gasteiger partial charge on any atom is -0.464 e. The molecule has 0 fully saturated rings. The molecule has 1 rings (SSSR count). The molecule has 1 aromatic heterocycles. The van der Waals surface area contributed by atoms with Crippen LogP contribution in [0.15, 0.2) is 9.72 Å². The second-order valence-electron chi connectivity index (χ2n) is 3.60. The summed E-state index contributed by atoms with van der Waals surface area (Å²) >= 11 is 0.862. The number of carbonyl (C=O) groups is 1. The van der Waals surface area contributed by atoms with Crippen LogP contribution in [-0.2, 0) is 19.5 Å². The van der Waals surface area contributed by atoms with Gasteiger partial charge in [0.2, 0.25) is 0 Å². The Labute approximate surface area is 116 Å². The highest BCUT2D eigenvalue weighted by Gasteiger charge is 2.26. The molecule has 0 aliphatic heterocycles. The number of hydrogen-bond donors (Lipinski definition) is 1. The summed E-state index contributed by atoms with van der Waals surface area (Å²) < 4.78 is 36.0. The average Bonchev–Trinajstić information content (AvgIpc) is 2.86. The molecule has 0 aliphatic carbocycles. The molecule has 108 valence electrons. The first kappa shape index (κ1) is 16.0. The highest BCUT2D eigenvalue weighted by atomic mass is 32.2. The molecule has 0 saturated carbocycles. The van der Waals surface area contributed by atoms with Crippen LogP contribution >= 0.6 is 11.3 Å². The van der Waals surface area contributed by atoms with E-state index in [2.05, 4.69) is 14.4 Å². The molecule has 19 heavy (non-hydrogen) atoms. The van der Waals surface area contributed by atoms with Gasteiger partial charge < -0.3 is 9.47 Å². The van der Waals surface area contributed by atoms with Crippen molar-refractivity contribution in [1.82, 2.24) is 9.71 Å². The summed E-state index contributed by atoms with van der Waals surface area (Å²) in [7, 11) is -2.62. The van der Waals surface area contributed by atoms with Crippen molar-refractivity contribution >= 4 is 27.3 Å². The Hall–Kier alpha value is -1.03. The third-order valence-corrected chi connectivity index (χ3v) is 4.96. The summed E-state index contributed by atoms with van der Waals surface area (Å²) in [6.45, 7) is 4.19. The topological polar surface area (TPSA) is 94.6 Å². The predicted molar refractivity (Wildman–Crippen MR) is 69.7 cm³/mol. The lowest BCUT2D eigenvalue weighted by Crippen LogP contribution is -2.32. The maximum Gasteiger partial charge on any atom is 0.358 e. The zero-order chi connectivity index (χ0) is 14.5. The first-order valence-electron chi connectivity index (χ1n) is 5.55. The van der Waals surface area contributed by atoms with Gasteiger partial charge in [-0.2, -0.15) is 0 Å². The fraction of sp³-hybridized carbons (Fsp3) is 0.600. The maximum absolute atomic E-state index is 12.0. The van der Waals surface area contributed by atoms with Crippen LogP contribution in [0.1, 0.15) is 24.3 Å². The molecule has 0 saturated heterocycles. The summed E-state index contributed by atoms with van der Waals surface area (Å²) in [5.74, 6) is -0.778. The molecule has 0 spiro atoms. The fourth-order valence-corrected chi connectivity index (χ4v) is 3.58. The first-order valence-corrected chi connectivity index (χ1v) is 7.91. The molecule has 7 nitrogen and oxygen atoms in total. The van der Waals surface area contributed by atoms with E-state index in [0.717, 1.165) is 11.3 Å². The number of aromatic nitrogens is 1. The third kappa shape index (κ3) is 4.23. The maximum atomic E-state index is 12.0. The van der Waals surface area contributed by atoms with Crippen LogP contribution < -0.4 is 4.72 Å². The quantitative estimate of drug-likeness (QED) is 0.743. The van der Waals surface area contributed by atoms with E-state index in [1.165, 1.54) is 12.6 Å². The van der Waals surface area contributed by atoms with Gasteiger partial charge in [-0.05, 0) is 13.8 Å². The number of methoxy groups -OCH3 is 1. The highest BCUT2D eigenvalue weighted by molar-refractivity contribution is 7.91. The molecule has 1 unspecified atom stereocenters. The van der Waals surface area contributed by atoms with Crippen molar-refractivity contribution in [2.24, 2.45) is 0 Å². The summed E-state index contributed by atoms with van der Waals surface area (Å²) in [5.41, 5.74) is 1.08. The van der Waals surface area contributed by atoms with Gasteiger partial charge >= 0.3 is 5.97 Å². The van der Waals surface area contributed by atoms with Gasteiger partial charge in [0.15, 0.2) is 9.90 Å². The third-order valence-electron chi connectivity index (χ3n) is 2.17. The van der Waals surface area contributed by atoms with Gasteiger partial charge in [-0.1, -0.05) is 0 Å². The summed E-state index contributed by atoms with van der Waals surface area (Å²) in [4.78, 5) is 15.1. The lowest BCUT2D eigenvalue weighted by molar-refractivity contribution is 0.0590. The van der Waals surface area contributed by atoms with E-state index in [4.69, 9.17) is 4.74 Å². The van der Waals surface area contributed by atoms with Gasteiger partial charge in [-0.15, -0.1) is 11.3 Å². The smallest absolute Gasteiger partial charge is 0.358 e. The molecule has 0 aromatic carbocycles. The van der Waals surface area contributed by atoms with Gasteiger partial charge in [0, 0.05) is 13.2 Å². The number of nitrogens with zero attached hydrogens (tertiary/aromatic N) is 1. The van der Waals surface area contributed by atoms with E-state index in [-0.39, 0.29) is 22.6 Å². The van der Waals surface area contributed by atoms with Crippen molar-refractivity contribution in [3.05, 3.63) is 11.2 Å². The minimum absolute atomic E-state index is 0.120. The molecule has 9 heteroatoms. The van der Waals surface area contributed by atoms with Crippen molar-refractivity contribution < 1.29 is 22.7 Å². The molecule has 0 amide bonds. The average molecular weight is 308 g/mol. The molecule has 0 bridgehead atoms. The Bertz CT molecular complexity index is 526. The van der Waals surface area contributed by atoms with Crippen molar-refractivity contribution in [3.8, 4) is 0 Å². The van der Waals surface area contributed by atoms with E-state index in [1.54, 1.807) is 6.92 Å². The van der Waals surface area contributed by atoms with Crippen LogP contribution in [0.5, 0.6) is 0 Å². The molecule has 1 N–H and O–H groups in total. The number of sulfonamides is 1. The van der Waals surface area contributed by atoms with E-state index < -0.39 is 16.0 Å². The predicted octanol–water partition coefficient (Wildman–Crippen LogP) is 0.633. The Morgan fingerprint density at radius 1 is 1.58 bits per heavy atom. The van der Waals surface area contributed by atoms with Crippen LogP contribution in [0.3, 0.4) is 0 Å². The van der Waals surface area contributed by atoms with E-state index in [0.29, 0.717) is 6.61 Å². The minimum atomic E-state index is -3.79. The standard InChI is InChI=1S/C10H16N2O5S2/c1-4-17-7(2)5-12-19(14,15)10-8(9(13)16-3)11-6-18-10/h6-7,12H,4-5H2,1-3H3. The number of thiazole rings is 1. The lowest BCUT2D eigenvalue weighted by Gasteiger charge is -2.12. The van der Waals surface area contributed by atoms with Crippen molar-refractivity contribution in [3.63, 3.8) is 0 Å². The Morgan fingerprint density at radius 3 is 2.84 bits per heavy atom. The SMILES string of the molecule is CCOC(C)CNS(=O)(=O)c1scnc1C(=O)OC. The normalized spacial score (nSPS) is 13.2. The Kier molecular flexibility index (Phi) is 5.85. The lowest BCUT2D eigenvalue weighted by atomic mass is 10.4. The van der Waals surface area contributed by atoms with Gasteiger partial charge in [-0.3, -0.25) is 0 Å². The van der Waals surface area contributed by atoms with Crippen molar-refractivity contribution in [2.45, 2.75) is 24.2 Å². The molecule has 0 radical (unpaired) electrons. The second-order valence-corrected chi connectivity index (χ2v) is 6.41. The van der Waals surface area contributed by atoms with Crippen LogP contribution in [0.2, 0.25) is 0 Å². The number of nitrogens with one attached hydrogen (secondary N) is 1. The fourth-order valence-electron chi connectivity index (χ4n) is 1.29.